The number of aliphatic hydroxyl groups excluding tert-OH is 3. The number of amides is 1. The smallest absolute Gasteiger partial charge is 0.222 e. The Hall–Kier alpha value is -1.43. The lowest BCUT2D eigenvalue weighted by Crippen LogP contribution is -2.45. The first kappa shape index (κ1) is 54.6. The molecule has 4 N–H and O–H groups in total. The average molecular weight is 788 g/mol. The number of nitrogens with one attached hydrogen (secondary N) is 1. The Balaban J connectivity index is 3.68. The topological polar surface area (TPSA) is 89.8 Å². The molecule has 0 saturated heterocycles. The first-order valence-corrected chi connectivity index (χ1v) is 24.8. The first-order chi connectivity index (χ1) is 27.5. The van der Waals surface area contributed by atoms with E-state index in [9.17, 15) is 20.1 Å². The van der Waals surface area contributed by atoms with Crippen LogP contribution < -0.4 is 5.32 Å². The Morgan fingerprint density at radius 2 is 0.768 bits per heavy atom. The van der Waals surface area contributed by atoms with E-state index in [1.165, 1.54) is 193 Å². The van der Waals surface area contributed by atoms with Gasteiger partial charge < -0.3 is 20.6 Å². The minimum Gasteiger partial charge on any atom is -0.394 e. The van der Waals surface area contributed by atoms with Gasteiger partial charge in [0.25, 0.3) is 0 Å². The van der Waals surface area contributed by atoms with Crippen LogP contribution >= 0.6 is 0 Å². The van der Waals surface area contributed by atoms with E-state index in [0.29, 0.717) is 6.42 Å². The predicted octanol–water partition coefficient (Wildman–Crippen LogP) is 14.7. The van der Waals surface area contributed by atoms with Crippen molar-refractivity contribution < 1.29 is 20.1 Å². The van der Waals surface area contributed by atoms with Crippen LogP contribution in [0.4, 0.5) is 0 Å². The fourth-order valence-corrected chi connectivity index (χ4v) is 7.61. The summed E-state index contributed by atoms with van der Waals surface area (Å²) in [7, 11) is 0. The molecule has 0 saturated carbocycles. The molecule has 5 heteroatoms. The van der Waals surface area contributed by atoms with E-state index in [-0.39, 0.29) is 18.9 Å². The minimum atomic E-state index is -0.958. The van der Waals surface area contributed by atoms with Gasteiger partial charge >= 0.3 is 0 Å². The molecule has 3 unspecified atom stereocenters. The molecule has 0 aromatic rings. The summed E-state index contributed by atoms with van der Waals surface area (Å²) in [6.07, 6.45) is 58.8. The van der Waals surface area contributed by atoms with Crippen LogP contribution in [0.3, 0.4) is 0 Å². The second-order valence-corrected chi connectivity index (χ2v) is 17.1. The van der Waals surface area contributed by atoms with E-state index in [1.54, 1.807) is 6.08 Å². The second-order valence-electron chi connectivity index (χ2n) is 17.1. The van der Waals surface area contributed by atoms with E-state index in [4.69, 9.17) is 0 Å². The van der Waals surface area contributed by atoms with E-state index in [1.807, 2.05) is 6.08 Å². The van der Waals surface area contributed by atoms with Crippen molar-refractivity contribution in [3.63, 3.8) is 0 Å². The van der Waals surface area contributed by atoms with Crippen molar-refractivity contribution in [3.05, 3.63) is 36.5 Å². The van der Waals surface area contributed by atoms with Crippen molar-refractivity contribution in [2.24, 2.45) is 0 Å². The Kier molecular flexibility index (Phi) is 45.1. The molecule has 0 spiro atoms. The van der Waals surface area contributed by atoms with Crippen LogP contribution in [0.5, 0.6) is 0 Å². The third-order valence-corrected chi connectivity index (χ3v) is 11.4. The van der Waals surface area contributed by atoms with Crippen molar-refractivity contribution in [2.45, 2.75) is 276 Å². The normalized spacial score (nSPS) is 13.7. The number of hydrogen-bond acceptors (Lipinski definition) is 4. The highest BCUT2D eigenvalue weighted by Crippen LogP contribution is 2.16. The molecule has 0 radical (unpaired) electrons. The summed E-state index contributed by atoms with van der Waals surface area (Å²) < 4.78 is 0. The Morgan fingerprint density at radius 3 is 1.14 bits per heavy atom. The average Bonchev–Trinajstić information content (AvgIpc) is 3.19. The molecule has 0 rings (SSSR count). The van der Waals surface area contributed by atoms with Gasteiger partial charge in [0.1, 0.15) is 0 Å². The molecule has 0 bridgehead atoms. The van der Waals surface area contributed by atoms with Crippen molar-refractivity contribution in [2.75, 3.05) is 6.61 Å². The van der Waals surface area contributed by atoms with Gasteiger partial charge in [0.15, 0.2) is 0 Å². The third-order valence-electron chi connectivity index (χ3n) is 11.4. The molecule has 0 aliphatic rings. The summed E-state index contributed by atoms with van der Waals surface area (Å²) in [5.74, 6) is -0.327. The second kappa shape index (κ2) is 46.3. The molecule has 1 amide bonds. The van der Waals surface area contributed by atoms with Gasteiger partial charge in [0.2, 0.25) is 5.91 Å². The SMILES string of the molecule is CCCCCCCCCCCCCCCCC/C=C/CC/C=C/CC/C=C/C(O)C(CO)NC(=O)CC(O)CCCCCCCCCCCCCCCCCC. The van der Waals surface area contributed by atoms with E-state index >= 15 is 0 Å². The molecule has 330 valence electrons. The van der Waals surface area contributed by atoms with Gasteiger partial charge in [-0.15, -0.1) is 0 Å². The molecular weight excluding hydrogens is 691 g/mol. The van der Waals surface area contributed by atoms with Crippen LogP contribution in [-0.2, 0) is 4.79 Å². The Labute approximate surface area is 349 Å². The molecule has 3 atom stereocenters. The summed E-state index contributed by atoms with van der Waals surface area (Å²) in [5.41, 5.74) is 0. The predicted molar refractivity (Wildman–Crippen MR) is 245 cm³/mol. The highest BCUT2D eigenvalue weighted by Gasteiger charge is 2.20. The number of hydrogen-bond donors (Lipinski definition) is 4. The lowest BCUT2D eigenvalue weighted by Gasteiger charge is -2.21. The summed E-state index contributed by atoms with van der Waals surface area (Å²) in [6.45, 7) is 4.22. The maximum atomic E-state index is 12.5. The van der Waals surface area contributed by atoms with Crippen molar-refractivity contribution >= 4 is 5.91 Å². The number of unbranched alkanes of at least 4 members (excludes halogenated alkanes) is 32. The molecule has 0 aromatic carbocycles. The monoisotopic (exact) mass is 788 g/mol. The van der Waals surface area contributed by atoms with Gasteiger partial charge in [-0.05, 0) is 44.9 Å². The van der Waals surface area contributed by atoms with Gasteiger partial charge in [0.05, 0.1) is 31.3 Å². The standard InChI is InChI=1S/C51H97NO4/c1-3-5-7-9-11-13-15-17-19-21-22-23-24-25-26-27-28-29-31-33-35-37-39-41-43-45-50(55)49(47-53)52-51(56)46-48(54)44-42-40-38-36-34-32-30-20-18-16-14-12-10-8-6-4-2/h28-29,35,37,43,45,48-50,53-55H,3-27,30-34,36,38-42,44,46-47H2,1-2H3,(H,52,56)/b29-28+,37-35+,45-43+. The van der Waals surface area contributed by atoms with Crippen molar-refractivity contribution in [1.82, 2.24) is 5.32 Å². The molecular formula is C51H97NO4. The summed E-state index contributed by atoms with van der Waals surface area (Å²) in [5, 5.41) is 33.3. The molecule has 0 fully saturated rings. The minimum absolute atomic E-state index is 0.00512. The van der Waals surface area contributed by atoms with Crippen LogP contribution in [0.2, 0.25) is 0 Å². The zero-order valence-corrected chi connectivity index (χ0v) is 37.5. The van der Waals surface area contributed by atoms with Gasteiger partial charge in [-0.3, -0.25) is 4.79 Å². The maximum Gasteiger partial charge on any atom is 0.222 e. The van der Waals surface area contributed by atoms with Crippen LogP contribution in [0.1, 0.15) is 258 Å². The summed E-state index contributed by atoms with van der Waals surface area (Å²) in [4.78, 5) is 12.5. The molecule has 5 nitrogen and oxygen atoms in total. The van der Waals surface area contributed by atoms with Crippen molar-refractivity contribution in [1.29, 1.82) is 0 Å². The maximum absolute atomic E-state index is 12.5. The van der Waals surface area contributed by atoms with Gasteiger partial charge in [-0.25, -0.2) is 0 Å². The lowest BCUT2D eigenvalue weighted by atomic mass is 10.0. The summed E-state index contributed by atoms with van der Waals surface area (Å²) >= 11 is 0. The quantitative estimate of drug-likeness (QED) is 0.0365. The highest BCUT2D eigenvalue weighted by molar-refractivity contribution is 5.76. The van der Waals surface area contributed by atoms with E-state index in [0.717, 1.165) is 38.5 Å². The molecule has 0 aromatic heterocycles. The Bertz CT molecular complexity index is 870. The van der Waals surface area contributed by atoms with Crippen LogP contribution in [-0.4, -0.2) is 46.1 Å². The van der Waals surface area contributed by atoms with Crippen molar-refractivity contribution in [3.8, 4) is 0 Å². The number of carbonyl (C=O) groups is 1. The van der Waals surface area contributed by atoms with Gasteiger partial charge in [-0.2, -0.15) is 0 Å². The highest BCUT2D eigenvalue weighted by atomic mass is 16.3. The van der Waals surface area contributed by atoms with Gasteiger partial charge in [-0.1, -0.05) is 243 Å². The molecule has 0 aliphatic carbocycles. The van der Waals surface area contributed by atoms with Crippen LogP contribution in [0, 0.1) is 0 Å². The fraction of sp³-hybridized carbons (Fsp3) is 0.863. The van der Waals surface area contributed by atoms with E-state index < -0.39 is 18.2 Å². The van der Waals surface area contributed by atoms with Gasteiger partial charge in [0, 0.05) is 0 Å². The number of aliphatic hydroxyl groups is 3. The fourth-order valence-electron chi connectivity index (χ4n) is 7.61. The lowest BCUT2D eigenvalue weighted by molar-refractivity contribution is -0.124. The van der Waals surface area contributed by atoms with E-state index in [2.05, 4.69) is 43.5 Å². The third kappa shape index (κ3) is 42.2. The number of allylic oxidation sites excluding steroid dienone is 5. The largest absolute Gasteiger partial charge is 0.394 e. The zero-order valence-electron chi connectivity index (χ0n) is 37.5. The molecule has 0 heterocycles. The number of rotatable bonds is 45. The number of carbonyl (C=O) groups excluding carboxylic acids is 1. The zero-order chi connectivity index (χ0) is 40.8. The first-order valence-electron chi connectivity index (χ1n) is 24.8. The summed E-state index contributed by atoms with van der Waals surface area (Å²) in [6, 6.07) is -0.766. The van der Waals surface area contributed by atoms with Crippen LogP contribution in [0.15, 0.2) is 36.5 Å². The molecule has 0 aliphatic heterocycles. The Morgan fingerprint density at radius 1 is 0.446 bits per heavy atom. The van der Waals surface area contributed by atoms with Crippen LogP contribution in [0.25, 0.3) is 0 Å². The molecule has 56 heavy (non-hydrogen) atoms.